The summed E-state index contributed by atoms with van der Waals surface area (Å²) in [5.41, 5.74) is 5.21. The Labute approximate surface area is 162 Å². The molecule has 1 heterocycles. The first-order chi connectivity index (χ1) is 12.5. The molecule has 5 heteroatoms. The van der Waals surface area contributed by atoms with Crippen LogP contribution in [-0.2, 0) is 10.3 Å². The third kappa shape index (κ3) is 3.71. The molecule has 0 saturated heterocycles. The summed E-state index contributed by atoms with van der Waals surface area (Å²) in [5.74, 6) is 0.541. The quantitative estimate of drug-likeness (QED) is 0.799. The first-order valence-electron chi connectivity index (χ1n) is 10.1. The number of primary amides is 1. The zero-order valence-corrected chi connectivity index (χ0v) is 17.3. The van der Waals surface area contributed by atoms with E-state index in [9.17, 15) is 4.79 Å². The molecular formula is C21H34N2O2S. The molecule has 0 aromatic carbocycles. The molecule has 2 fully saturated rings. The van der Waals surface area contributed by atoms with Crippen molar-refractivity contribution in [1.82, 2.24) is 4.90 Å². The normalized spacial score (nSPS) is 30.6. The highest BCUT2D eigenvalue weighted by atomic mass is 32.1. The predicted molar refractivity (Wildman–Crippen MR) is 108 cm³/mol. The van der Waals surface area contributed by atoms with Crippen LogP contribution in [0.1, 0.15) is 72.8 Å². The number of hydrogen-bond acceptors (Lipinski definition) is 4. The number of methoxy groups -OCH3 is 1. The first-order valence-corrected chi connectivity index (χ1v) is 11.0. The number of amides is 1. The van der Waals surface area contributed by atoms with E-state index in [2.05, 4.69) is 24.9 Å². The molecule has 2 saturated carbocycles. The Morgan fingerprint density at radius 1 is 1.23 bits per heavy atom. The molecular weight excluding hydrogens is 344 g/mol. The lowest BCUT2D eigenvalue weighted by atomic mass is 9.67. The second-order valence-electron chi connectivity index (χ2n) is 8.29. The number of nitrogens with zero attached hydrogens (tertiary/aromatic N) is 1. The highest BCUT2D eigenvalue weighted by molar-refractivity contribution is 7.14. The minimum absolute atomic E-state index is 0.306. The third-order valence-electron chi connectivity index (χ3n) is 6.81. The molecule has 0 bridgehead atoms. The fraction of sp³-hybridized carbons (Fsp3) is 0.762. The van der Waals surface area contributed by atoms with E-state index in [1.54, 1.807) is 0 Å². The molecule has 3 rings (SSSR count). The summed E-state index contributed by atoms with van der Waals surface area (Å²) in [4.78, 5) is 16.0. The average molecular weight is 379 g/mol. The summed E-state index contributed by atoms with van der Waals surface area (Å²) in [6, 6.07) is 4.65. The molecule has 1 aromatic rings. The van der Waals surface area contributed by atoms with Gasteiger partial charge < -0.3 is 15.4 Å². The highest BCUT2D eigenvalue weighted by Crippen LogP contribution is 2.50. The minimum Gasteiger partial charge on any atom is -0.372 e. The van der Waals surface area contributed by atoms with E-state index in [0.717, 1.165) is 6.54 Å². The maximum atomic E-state index is 11.6. The predicted octanol–water partition coefficient (Wildman–Crippen LogP) is 4.39. The van der Waals surface area contributed by atoms with Crippen LogP contribution in [0.25, 0.3) is 0 Å². The summed E-state index contributed by atoms with van der Waals surface area (Å²) < 4.78 is 6.30. The van der Waals surface area contributed by atoms with Crippen LogP contribution in [0.15, 0.2) is 12.1 Å². The maximum Gasteiger partial charge on any atom is 0.258 e. The van der Waals surface area contributed by atoms with E-state index in [1.807, 2.05) is 13.2 Å². The summed E-state index contributed by atoms with van der Waals surface area (Å²) in [6.45, 7) is 3.37. The van der Waals surface area contributed by atoms with Crippen LogP contribution in [0.5, 0.6) is 0 Å². The molecule has 2 N–H and O–H groups in total. The lowest BCUT2D eigenvalue weighted by Crippen LogP contribution is -2.50. The van der Waals surface area contributed by atoms with E-state index in [1.165, 1.54) is 67.6 Å². The van der Waals surface area contributed by atoms with Crippen molar-refractivity contribution in [2.75, 3.05) is 20.7 Å². The maximum absolute atomic E-state index is 11.6. The number of thiophene rings is 1. The van der Waals surface area contributed by atoms with Gasteiger partial charge >= 0.3 is 0 Å². The van der Waals surface area contributed by atoms with Crippen molar-refractivity contribution in [1.29, 1.82) is 0 Å². The monoisotopic (exact) mass is 378 g/mol. The molecule has 26 heavy (non-hydrogen) atoms. The van der Waals surface area contributed by atoms with Gasteiger partial charge in [-0.2, -0.15) is 0 Å². The molecule has 0 aliphatic heterocycles. The third-order valence-corrected chi connectivity index (χ3v) is 8.04. The Bertz CT molecular complexity index is 611. The molecule has 2 aliphatic carbocycles. The van der Waals surface area contributed by atoms with Crippen LogP contribution in [0.4, 0.5) is 0 Å². The summed E-state index contributed by atoms with van der Waals surface area (Å²) >= 11 is 1.52. The smallest absolute Gasteiger partial charge is 0.258 e. The Hall–Kier alpha value is -0.910. The zero-order valence-electron chi connectivity index (χ0n) is 16.5. The van der Waals surface area contributed by atoms with Gasteiger partial charge in [0.2, 0.25) is 0 Å². The Morgan fingerprint density at radius 3 is 2.58 bits per heavy atom. The molecule has 3 atom stereocenters. The summed E-state index contributed by atoms with van der Waals surface area (Å²) in [6.07, 6.45) is 10.4. The van der Waals surface area contributed by atoms with Gasteiger partial charge in [-0.3, -0.25) is 4.79 Å². The Balaban J connectivity index is 1.86. The lowest BCUT2D eigenvalue weighted by molar-refractivity contribution is -0.131. The number of carbonyl (C=O) groups is 1. The van der Waals surface area contributed by atoms with Crippen molar-refractivity contribution in [3.8, 4) is 0 Å². The van der Waals surface area contributed by atoms with Crippen molar-refractivity contribution in [3.05, 3.63) is 21.9 Å². The molecule has 4 nitrogen and oxygen atoms in total. The van der Waals surface area contributed by atoms with Crippen LogP contribution < -0.4 is 5.73 Å². The molecule has 1 amide bonds. The van der Waals surface area contributed by atoms with Crippen molar-refractivity contribution in [2.24, 2.45) is 17.6 Å². The van der Waals surface area contributed by atoms with E-state index in [0.29, 0.717) is 22.8 Å². The largest absolute Gasteiger partial charge is 0.372 e. The fourth-order valence-electron chi connectivity index (χ4n) is 5.34. The van der Waals surface area contributed by atoms with E-state index < -0.39 is 0 Å². The van der Waals surface area contributed by atoms with Crippen LogP contribution in [-0.4, -0.2) is 37.6 Å². The van der Waals surface area contributed by atoms with Crippen LogP contribution >= 0.6 is 11.3 Å². The van der Waals surface area contributed by atoms with E-state index >= 15 is 0 Å². The molecule has 0 spiro atoms. The number of hydrogen-bond donors (Lipinski definition) is 1. The summed E-state index contributed by atoms with van der Waals surface area (Å²) in [7, 11) is 4.14. The summed E-state index contributed by atoms with van der Waals surface area (Å²) in [5, 5.41) is 0. The zero-order chi connectivity index (χ0) is 18.7. The van der Waals surface area contributed by atoms with Crippen LogP contribution in [0.3, 0.4) is 0 Å². The Morgan fingerprint density at radius 2 is 1.96 bits per heavy atom. The topological polar surface area (TPSA) is 55.6 Å². The van der Waals surface area contributed by atoms with E-state index in [-0.39, 0.29) is 11.5 Å². The number of nitrogens with two attached hydrogens (primary N) is 1. The SMILES string of the molecule is COC1(c2ccc(C(N)=O)s2)C(C)CCCC1CN(C)C1CCCCC1. The average Bonchev–Trinajstić information content (AvgIpc) is 3.14. The van der Waals surface area contributed by atoms with Gasteiger partial charge in [0.25, 0.3) is 5.91 Å². The standard InChI is InChI=1S/C21H34N2O2S/c1-15-8-7-9-16(14-23(2)17-10-5-4-6-11-17)21(15,25-3)19-13-12-18(26-19)20(22)24/h12-13,15-17H,4-11,14H2,1-3H3,(H2,22,24). The molecule has 0 radical (unpaired) electrons. The van der Waals surface area contributed by atoms with Crippen LogP contribution in [0, 0.1) is 11.8 Å². The minimum atomic E-state index is -0.341. The van der Waals surface area contributed by atoms with Gasteiger partial charge in [0.15, 0.2) is 0 Å². The van der Waals surface area contributed by atoms with Gasteiger partial charge in [0, 0.05) is 30.5 Å². The van der Waals surface area contributed by atoms with Gasteiger partial charge in [-0.15, -0.1) is 11.3 Å². The van der Waals surface area contributed by atoms with E-state index in [4.69, 9.17) is 10.5 Å². The van der Waals surface area contributed by atoms with Gasteiger partial charge in [-0.05, 0) is 50.8 Å². The fourth-order valence-corrected chi connectivity index (χ4v) is 6.56. The highest BCUT2D eigenvalue weighted by Gasteiger charge is 2.49. The lowest BCUT2D eigenvalue weighted by Gasteiger charge is -2.49. The van der Waals surface area contributed by atoms with Gasteiger partial charge in [-0.1, -0.05) is 32.6 Å². The second kappa shape index (κ2) is 8.41. The number of rotatable bonds is 6. The first kappa shape index (κ1) is 19.8. The Kier molecular flexibility index (Phi) is 6.41. The number of carbonyl (C=O) groups excluding carboxylic acids is 1. The molecule has 146 valence electrons. The van der Waals surface area contributed by atoms with Gasteiger partial charge in [0.1, 0.15) is 5.60 Å². The van der Waals surface area contributed by atoms with Crippen molar-refractivity contribution in [3.63, 3.8) is 0 Å². The molecule has 2 aliphatic rings. The molecule has 3 unspecified atom stereocenters. The van der Waals surface area contributed by atoms with Crippen molar-refractivity contribution in [2.45, 2.75) is 69.9 Å². The van der Waals surface area contributed by atoms with Gasteiger partial charge in [0.05, 0.1) is 4.88 Å². The molecule has 1 aromatic heterocycles. The van der Waals surface area contributed by atoms with Crippen LogP contribution in [0.2, 0.25) is 0 Å². The second-order valence-corrected chi connectivity index (χ2v) is 9.37. The van der Waals surface area contributed by atoms with Crippen molar-refractivity contribution >= 4 is 17.2 Å². The number of ether oxygens (including phenoxy) is 1. The van der Waals surface area contributed by atoms with Gasteiger partial charge in [-0.25, -0.2) is 0 Å². The van der Waals surface area contributed by atoms with Crippen molar-refractivity contribution < 1.29 is 9.53 Å².